The van der Waals surface area contributed by atoms with E-state index in [-0.39, 0.29) is 30.7 Å². The molecule has 0 aromatic carbocycles. The standard InChI is InChI=1S/C19H30N4O.2ClH/c1-14-17(19(24)22(2)3)4-5-18(21-14)23-12-8-16(9-13-23)15-6-10-20-11-7-15;;/h4-5,15-16,20H,6-13H2,1-3H3;2*1H. The maximum atomic E-state index is 12.1. The summed E-state index contributed by atoms with van der Waals surface area (Å²) >= 11 is 0. The van der Waals surface area contributed by atoms with Gasteiger partial charge in [-0.05, 0) is 69.7 Å². The van der Waals surface area contributed by atoms with Crippen LogP contribution in [-0.4, -0.2) is 56.1 Å². The number of carbonyl (C=O) groups excluding carboxylic acids is 1. The second-order valence-corrected chi connectivity index (χ2v) is 7.41. The van der Waals surface area contributed by atoms with Crippen molar-refractivity contribution in [1.82, 2.24) is 15.2 Å². The number of halogens is 2. The van der Waals surface area contributed by atoms with Crippen LogP contribution in [0.4, 0.5) is 5.82 Å². The third-order valence-electron chi connectivity index (χ3n) is 5.62. The molecule has 1 aromatic rings. The van der Waals surface area contributed by atoms with E-state index in [4.69, 9.17) is 4.98 Å². The minimum absolute atomic E-state index is 0. The molecule has 0 spiro atoms. The number of nitrogens with one attached hydrogen (secondary N) is 1. The molecule has 0 unspecified atom stereocenters. The second-order valence-electron chi connectivity index (χ2n) is 7.41. The first kappa shape index (κ1) is 23.0. The van der Waals surface area contributed by atoms with Crippen molar-refractivity contribution >= 4 is 36.5 Å². The van der Waals surface area contributed by atoms with Crippen molar-refractivity contribution in [3.8, 4) is 0 Å². The highest BCUT2D eigenvalue weighted by Gasteiger charge is 2.28. The summed E-state index contributed by atoms with van der Waals surface area (Å²) in [5, 5.41) is 3.47. The van der Waals surface area contributed by atoms with E-state index < -0.39 is 0 Å². The molecule has 0 aliphatic carbocycles. The highest BCUT2D eigenvalue weighted by Crippen LogP contribution is 2.32. The number of rotatable bonds is 3. The number of amides is 1. The minimum atomic E-state index is 0. The Hall–Kier alpha value is -1.04. The number of hydrogen-bond acceptors (Lipinski definition) is 4. The number of piperidine rings is 2. The fourth-order valence-corrected chi connectivity index (χ4v) is 4.11. The molecular weight excluding hydrogens is 371 g/mol. The summed E-state index contributed by atoms with van der Waals surface area (Å²) in [4.78, 5) is 20.8. The lowest BCUT2D eigenvalue weighted by Gasteiger charge is -2.38. The average Bonchev–Trinajstić information content (AvgIpc) is 2.62. The number of anilines is 1. The average molecular weight is 403 g/mol. The van der Waals surface area contributed by atoms with Gasteiger partial charge in [-0.1, -0.05) is 0 Å². The summed E-state index contributed by atoms with van der Waals surface area (Å²) in [5.74, 6) is 2.82. The minimum Gasteiger partial charge on any atom is -0.357 e. The van der Waals surface area contributed by atoms with Gasteiger partial charge >= 0.3 is 0 Å². The van der Waals surface area contributed by atoms with Gasteiger partial charge in [0.15, 0.2) is 0 Å². The van der Waals surface area contributed by atoms with Gasteiger partial charge in [-0.2, -0.15) is 0 Å². The van der Waals surface area contributed by atoms with Crippen LogP contribution < -0.4 is 10.2 Å². The third kappa shape index (κ3) is 5.24. The van der Waals surface area contributed by atoms with E-state index >= 15 is 0 Å². The van der Waals surface area contributed by atoms with Crippen LogP contribution in [0.25, 0.3) is 0 Å². The SMILES string of the molecule is Cc1nc(N2CCC(C3CCNCC3)CC2)ccc1C(=O)N(C)C.Cl.Cl. The monoisotopic (exact) mass is 402 g/mol. The summed E-state index contributed by atoms with van der Waals surface area (Å²) in [6, 6.07) is 3.94. The Morgan fingerprint density at radius 1 is 1.08 bits per heavy atom. The van der Waals surface area contributed by atoms with Crippen LogP contribution in [0.5, 0.6) is 0 Å². The van der Waals surface area contributed by atoms with Gasteiger partial charge in [-0.15, -0.1) is 24.8 Å². The maximum Gasteiger partial charge on any atom is 0.255 e. The van der Waals surface area contributed by atoms with E-state index in [1.54, 1.807) is 19.0 Å². The van der Waals surface area contributed by atoms with Crippen LogP contribution in [0.3, 0.4) is 0 Å². The first-order valence-electron chi connectivity index (χ1n) is 9.21. The molecule has 2 saturated heterocycles. The molecule has 2 aliphatic rings. The molecule has 7 heteroatoms. The predicted molar refractivity (Wildman–Crippen MR) is 112 cm³/mol. The Balaban J connectivity index is 0.00000169. The van der Waals surface area contributed by atoms with Crippen LogP contribution in [0, 0.1) is 18.8 Å². The Kier molecular flexibility index (Phi) is 9.14. The summed E-state index contributed by atoms with van der Waals surface area (Å²) in [7, 11) is 3.56. The fraction of sp³-hybridized carbons (Fsp3) is 0.684. The number of aryl methyl sites for hydroxylation is 1. The summed E-state index contributed by atoms with van der Waals surface area (Å²) in [6.45, 7) is 6.48. The van der Waals surface area contributed by atoms with E-state index in [1.165, 1.54) is 38.8 Å². The van der Waals surface area contributed by atoms with E-state index in [0.717, 1.165) is 36.4 Å². The fourth-order valence-electron chi connectivity index (χ4n) is 4.11. The molecule has 26 heavy (non-hydrogen) atoms. The summed E-state index contributed by atoms with van der Waals surface area (Å²) in [5.41, 5.74) is 1.53. The first-order valence-corrected chi connectivity index (χ1v) is 9.21. The van der Waals surface area contributed by atoms with E-state index in [1.807, 2.05) is 19.1 Å². The molecule has 2 fully saturated rings. The highest BCUT2D eigenvalue weighted by molar-refractivity contribution is 5.95. The molecule has 0 bridgehead atoms. The van der Waals surface area contributed by atoms with Crippen molar-refractivity contribution in [1.29, 1.82) is 0 Å². The molecular formula is C19H32Cl2N4O. The van der Waals surface area contributed by atoms with E-state index in [2.05, 4.69) is 10.2 Å². The first-order chi connectivity index (χ1) is 11.6. The normalized spacial score (nSPS) is 18.7. The van der Waals surface area contributed by atoms with Crippen molar-refractivity contribution in [3.63, 3.8) is 0 Å². The van der Waals surface area contributed by atoms with Gasteiger partial charge in [0.2, 0.25) is 0 Å². The maximum absolute atomic E-state index is 12.1. The molecule has 1 aromatic heterocycles. The lowest BCUT2D eigenvalue weighted by Crippen LogP contribution is -2.39. The number of hydrogen-bond donors (Lipinski definition) is 1. The summed E-state index contributed by atoms with van der Waals surface area (Å²) < 4.78 is 0. The number of pyridine rings is 1. The van der Waals surface area contributed by atoms with E-state index in [9.17, 15) is 4.79 Å². The number of carbonyl (C=O) groups is 1. The molecule has 148 valence electrons. The third-order valence-corrected chi connectivity index (χ3v) is 5.62. The molecule has 0 saturated carbocycles. The van der Waals surface area contributed by atoms with Crippen LogP contribution in [0.15, 0.2) is 12.1 Å². The second kappa shape index (κ2) is 10.3. The van der Waals surface area contributed by atoms with Crippen molar-refractivity contribution in [2.24, 2.45) is 11.8 Å². The molecule has 2 aliphatic heterocycles. The van der Waals surface area contributed by atoms with Gasteiger partial charge in [0.05, 0.1) is 11.3 Å². The van der Waals surface area contributed by atoms with Gasteiger partial charge in [0, 0.05) is 27.2 Å². The molecule has 5 nitrogen and oxygen atoms in total. The van der Waals surface area contributed by atoms with E-state index in [0.29, 0.717) is 5.56 Å². The van der Waals surface area contributed by atoms with Crippen LogP contribution in [-0.2, 0) is 0 Å². The molecule has 0 radical (unpaired) electrons. The van der Waals surface area contributed by atoms with Crippen molar-refractivity contribution in [3.05, 3.63) is 23.4 Å². The lowest BCUT2D eigenvalue weighted by molar-refractivity contribution is 0.0826. The smallest absolute Gasteiger partial charge is 0.255 e. The lowest BCUT2D eigenvalue weighted by atomic mass is 9.79. The van der Waals surface area contributed by atoms with Crippen LogP contribution >= 0.6 is 24.8 Å². The molecule has 1 N–H and O–H groups in total. The van der Waals surface area contributed by atoms with Gasteiger partial charge in [0.25, 0.3) is 5.91 Å². The van der Waals surface area contributed by atoms with Crippen molar-refractivity contribution in [2.45, 2.75) is 32.6 Å². The van der Waals surface area contributed by atoms with Gasteiger partial charge in [-0.3, -0.25) is 4.79 Å². The molecule has 0 atom stereocenters. The van der Waals surface area contributed by atoms with Gasteiger partial charge in [-0.25, -0.2) is 4.98 Å². The topological polar surface area (TPSA) is 48.5 Å². The van der Waals surface area contributed by atoms with Crippen LogP contribution in [0.1, 0.15) is 41.7 Å². The highest BCUT2D eigenvalue weighted by atomic mass is 35.5. The van der Waals surface area contributed by atoms with Crippen molar-refractivity contribution < 1.29 is 4.79 Å². The Bertz CT molecular complexity index is 583. The van der Waals surface area contributed by atoms with Gasteiger partial charge < -0.3 is 15.1 Å². The zero-order chi connectivity index (χ0) is 17.1. The quantitative estimate of drug-likeness (QED) is 0.843. The largest absolute Gasteiger partial charge is 0.357 e. The van der Waals surface area contributed by atoms with Crippen LogP contribution in [0.2, 0.25) is 0 Å². The van der Waals surface area contributed by atoms with Gasteiger partial charge in [0.1, 0.15) is 5.82 Å². The number of nitrogens with zero attached hydrogens (tertiary/aromatic N) is 3. The Morgan fingerprint density at radius 2 is 1.65 bits per heavy atom. The van der Waals surface area contributed by atoms with Crippen molar-refractivity contribution in [2.75, 3.05) is 45.2 Å². The molecule has 1 amide bonds. The zero-order valence-corrected chi connectivity index (χ0v) is 17.7. The molecule has 3 heterocycles. The zero-order valence-electron chi connectivity index (χ0n) is 16.0. The number of aromatic nitrogens is 1. The Labute approximate surface area is 169 Å². The molecule has 3 rings (SSSR count). The summed E-state index contributed by atoms with van der Waals surface area (Å²) in [6.07, 6.45) is 5.21. The Morgan fingerprint density at radius 3 is 2.19 bits per heavy atom. The predicted octanol–water partition coefficient (Wildman–Crippen LogP) is 3.15.